The number of pyridine rings is 1. The number of carbonyl (C=O) groups is 1. The second-order valence-corrected chi connectivity index (χ2v) is 7.75. The van der Waals surface area contributed by atoms with E-state index < -0.39 is 0 Å². The van der Waals surface area contributed by atoms with Gasteiger partial charge in [-0.05, 0) is 73.0 Å². The van der Waals surface area contributed by atoms with Crippen LogP contribution < -0.4 is 9.64 Å². The SMILES string of the molecule is COc1ccc(C(=O)N(c2ccc(F)cc2)C2CCN(Cc3cccnc3)CC2)cc1. The molecule has 1 aliphatic heterocycles. The molecule has 0 saturated carbocycles. The number of anilines is 1. The number of amides is 1. The Morgan fingerprint density at radius 3 is 2.42 bits per heavy atom. The Morgan fingerprint density at radius 2 is 1.81 bits per heavy atom. The van der Waals surface area contributed by atoms with E-state index in [4.69, 9.17) is 4.74 Å². The van der Waals surface area contributed by atoms with Crippen LogP contribution in [0.3, 0.4) is 0 Å². The number of nitrogens with zero attached hydrogens (tertiary/aromatic N) is 3. The van der Waals surface area contributed by atoms with Crippen molar-refractivity contribution in [3.8, 4) is 5.75 Å². The second kappa shape index (κ2) is 9.71. The lowest BCUT2D eigenvalue weighted by Gasteiger charge is -2.38. The van der Waals surface area contributed by atoms with Crippen LogP contribution in [0.5, 0.6) is 5.75 Å². The smallest absolute Gasteiger partial charge is 0.258 e. The summed E-state index contributed by atoms with van der Waals surface area (Å²) in [7, 11) is 1.60. The van der Waals surface area contributed by atoms with Crippen LogP contribution in [0.4, 0.5) is 10.1 Å². The molecule has 0 radical (unpaired) electrons. The maximum Gasteiger partial charge on any atom is 0.258 e. The number of methoxy groups -OCH3 is 1. The number of aromatic nitrogens is 1. The summed E-state index contributed by atoms with van der Waals surface area (Å²) in [5.74, 6) is 0.306. The highest BCUT2D eigenvalue weighted by molar-refractivity contribution is 6.06. The Balaban J connectivity index is 1.52. The lowest BCUT2D eigenvalue weighted by Crippen LogP contribution is -2.47. The molecule has 1 aromatic heterocycles. The van der Waals surface area contributed by atoms with E-state index in [-0.39, 0.29) is 17.8 Å². The van der Waals surface area contributed by atoms with E-state index in [0.29, 0.717) is 17.0 Å². The highest BCUT2D eigenvalue weighted by Gasteiger charge is 2.30. The molecule has 6 heteroatoms. The third-order valence-corrected chi connectivity index (χ3v) is 5.71. The molecule has 1 saturated heterocycles. The van der Waals surface area contributed by atoms with E-state index in [1.54, 1.807) is 49.7 Å². The molecule has 0 atom stereocenters. The van der Waals surface area contributed by atoms with Gasteiger partial charge in [-0.2, -0.15) is 0 Å². The van der Waals surface area contributed by atoms with E-state index in [0.717, 1.165) is 32.5 Å². The van der Waals surface area contributed by atoms with Crippen LogP contribution in [0.15, 0.2) is 73.1 Å². The minimum absolute atomic E-state index is 0.0465. The van der Waals surface area contributed by atoms with Crippen molar-refractivity contribution < 1.29 is 13.9 Å². The Kier molecular flexibility index (Phi) is 6.57. The third kappa shape index (κ3) is 5.09. The quantitative estimate of drug-likeness (QED) is 0.589. The van der Waals surface area contributed by atoms with Gasteiger partial charge in [-0.3, -0.25) is 14.7 Å². The average Bonchev–Trinajstić information content (AvgIpc) is 2.82. The molecule has 3 aromatic rings. The summed E-state index contributed by atoms with van der Waals surface area (Å²) in [6, 6.07) is 17.4. The van der Waals surface area contributed by atoms with Crippen LogP contribution in [0, 0.1) is 5.82 Å². The average molecular weight is 420 g/mol. The molecule has 0 bridgehead atoms. The van der Waals surface area contributed by atoms with Crippen molar-refractivity contribution >= 4 is 11.6 Å². The lowest BCUT2D eigenvalue weighted by atomic mass is 10.00. The fraction of sp³-hybridized carbons (Fsp3) is 0.280. The number of benzene rings is 2. The van der Waals surface area contributed by atoms with Gasteiger partial charge in [0.2, 0.25) is 0 Å². The Morgan fingerprint density at radius 1 is 1.10 bits per heavy atom. The Hall–Kier alpha value is -3.25. The molecule has 2 aromatic carbocycles. The predicted octanol–water partition coefficient (Wildman–Crippen LogP) is 4.54. The maximum absolute atomic E-state index is 13.5. The molecule has 5 nitrogen and oxygen atoms in total. The first-order valence-corrected chi connectivity index (χ1v) is 10.5. The topological polar surface area (TPSA) is 45.7 Å². The molecule has 31 heavy (non-hydrogen) atoms. The summed E-state index contributed by atoms with van der Waals surface area (Å²) in [6.45, 7) is 2.61. The Bertz CT molecular complexity index is 986. The van der Waals surface area contributed by atoms with Gasteiger partial charge in [-0.15, -0.1) is 0 Å². The number of rotatable bonds is 6. The van der Waals surface area contributed by atoms with Crippen LogP contribution in [0.2, 0.25) is 0 Å². The number of hydrogen-bond donors (Lipinski definition) is 0. The fourth-order valence-corrected chi connectivity index (χ4v) is 4.05. The van der Waals surface area contributed by atoms with E-state index in [1.807, 2.05) is 17.2 Å². The molecular formula is C25H26FN3O2. The van der Waals surface area contributed by atoms with Crippen LogP contribution in [0.25, 0.3) is 0 Å². The molecule has 4 rings (SSSR count). The van der Waals surface area contributed by atoms with Crippen molar-refractivity contribution in [3.05, 3.63) is 90.0 Å². The van der Waals surface area contributed by atoms with E-state index in [9.17, 15) is 9.18 Å². The van der Waals surface area contributed by atoms with Crippen molar-refractivity contribution in [2.75, 3.05) is 25.1 Å². The standard InChI is InChI=1S/C25H26FN3O2/c1-31-24-10-4-20(5-11-24)25(30)29(22-8-6-21(26)7-9-22)23-12-15-28(16-13-23)18-19-3-2-14-27-17-19/h2-11,14,17,23H,12-13,15-16,18H2,1H3. The highest BCUT2D eigenvalue weighted by atomic mass is 19.1. The van der Waals surface area contributed by atoms with Gasteiger partial charge < -0.3 is 9.64 Å². The van der Waals surface area contributed by atoms with Gasteiger partial charge in [0.1, 0.15) is 11.6 Å². The monoisotopic (exact) mass is 419 g/mol. The van der Waals surface area contributed by atoms with Crippen LogP contribution >= 0.6 is 0 Å². The molecule has 0 spiro atoms. The van der Waals surface area contributed by atoms with Gasteiger partial charge in [-0.25, -0.2) is 4.39 Å². The number of hydrogen-bond acceptors (Lipinski definition) is 4. The third-order valence-electron chi connectivity index (χ3n) is 5.71. The minimum atomic E-state index is -0.313. The fourth-order valence-electron chi connectivity index (χ4n) is 4.05. The number of carbonyl (C=O) groups excluding carboxylic acids is 1. The summed E-state index contributed by atoms with van der Waals surface area (Å²) in [6.07, 6.45) is 5.37. The number of halogens is 1. The van der Waals surface area contributed by atoms with E-state index >= 15 is 0 Å². The summed E-state index contributed by atoms with van der Waals surface area (Å²) in [4.78, 5) is 21.9. The van der Waals surface area contributed by atoms with Crippen molar-refractivity contribution in [3.63, 3.8) is 0 Å². The maximum atomic E-state index is 13.5. The van der Waals surface area contributed by atoms with Gasteiger partial charge in [0.15, 0.2) is 0 Å². The van der Waals surface area contributed by atoms with Gasteiger partial charge in [0.25, 0.3) is 5.91 Å². The van der Waals surface area contributed by atoms with Crippen LogP contribution in [0.1, 0.15) is 28.8 Å². The van der Waals surface area contributed by atoms with Crippen molar-refractivity contribution in [1.29, 1.82) is 0 Å². The first-order chi connectivity index (χ1) is 15.1. The summed E-state index contributed by atoms with van der Waals surface area (Å²) >= 11 is 0. The minimum Gasteiger partial charge on any atom is -0.497 e. The summed E-state index contributed by atoms with van der Waals surface area (Å²) in [5.41, 5.74) is 2.49. The molecule has 0 N–H and O–H groups in total. The normalized spacial score (nSPS) is 14.9. The largest absolute Gasteiger partial charge is 0.497 e. The van der Waals surface area contributed by atoms with Gasteiger partial charge in [0, 0.05) is 49.3 Å². The molecule has 2 heterocycles. The van der Waals surface area contributed by atoms with Crippen molar-refractivity contribution in [1.82, 2.24) is 9.88 Å². The van der Waals surface area contributed by atoms with Gasteiger partial charge in [-0.1, -0.05) is 6.07 Å². The molecule has 160 valence electrons. The van der Waals surface area contributed by atoms with Crippen LogP contribution in [-0.4, -0.2) is 42.0 Å². The van der Waals surface area contributed by atoms with Crippen molar-refractivity contribution in [2.24, 2.45) is 0 Å². The Labute approximate surface area is 182 Å². The van der Waals surface area contributed by atoms with E-state index in [2.05, 4.69) is 16.0 Å². The summed E-state index contributed by atoms with van der Waals surface area (Å²) in [5, 5.41) is 0. The lowest BCUT2D eigenvalue weighted by molar-refractivity contribution is 0.0958. The van der Waals surface area contributed by atoms with Gasteiger partial charge in [0.05, 0.1) is 7.11 Å². The molecular weight excluding hydrogens is 393 g/mol. The van der Waals surface area contributed by atoms with Crippen molar-refractivity contribution in [2.45, 2.75) is 25.4 Å². The first kappa shape index (κ1) is 21.0. The predicted molar refractivity (Wildman–Crippen MR) is 119 cm³/mol. The zero-order valence-electron chi connectivity index (χ0n) is 17.6. The highest BCUT2D eigenvalue weighted by Crippen LogP contribution is 2.27. The molecule has 0 aliphatic carbocycles. The number of likely N-dealkylation sites (tertiary alicyclic amines) is 1. The molecule has 1 fully saturated rings. The summed E-state index contributed by atoms with van der Waals surface area (Å²) < 4.78 is 18.7. The zero-order chi connectivity index (χ0) is 21.6. The van der Waals surface area contributed by atoms with Gasteiger partial charge >= 0.3 is 0 Å². The molecule has 0 unspecified atom stereocenters. The first-order valence-electron chi connectivity index (χ1n) is 10.5. The molecule has 1 aliphatic rings. The molecule has 1 amide bonds. The second-order valence-electron chi connectivity index (χ2n) is 7.75. The van der Waals surface area contributed by atoms with E-state index in [1.165, 1.54) is 17.7 Å². The number of piperidine rings is 1. The van der Waals surface area contributed by atoms with Crippen LogP contribution in [-0.2, 0) is 6.54 Å². The number of ether oxygens (including phenoxy) is 1. The zero-order valence-corrected chi connectivity index (χ0v) is 17.6.